The van der Waals surface area contributed by atoms with E-state index in [9.17, 15) is 0 Å². The summed E-state index contributed by atoms with van der Waals surface area (Å²) in [5, 5.41) is 11.5. The molecule has 0 radical (unpaired) electrons. The minimum absolute atomic E-state index is 0.903. The molecule has 1 aromatic heterocycles. The third kappa shape index (κ3) is 2.11. The highest BCUT2D eigenvalue weighted by Crippen LogP contribution is 2.33. The number of aryl methyl sites for hydroxylation is 3. The zero-order valence-corrected chi connectivity index (χ0v) is 11.9. The van der Waals surface area contributed by atoms with Crippen LogP contribution in [0.3, 0.4) is 0 Å². The second-order valence-corrected chi connectivity index (χ2v) is 5.16. The molecule has 1 N–H and O–H groups in total. The van der Waals surface area contributed by atoms with Crippen molar-refractivity contribution >= 4 is 0 Å². The van der Waals surface area contributed by atoms with E-state index >= 15 is 0 Å². The fourth-order valence-corrected chi connectivity index (χ4v) is 2.76. The van der Waals surface area contributed by atoms with Crippen molar-refractivity contribution in [1.29, 1.82) is 0 Å². The third-order valence-corrected chi connectivity index (χ3v) is 3.51. The fourth-order valence-electron chi connectivity index (χ4n) is 2.76. The molecule has 0 fully saturated rings. The van der Waals surface area contributed by atoms with Crippen LogP contribution in [0, 0.1) is 20.8 Å². The lowest BCUT2D eigenvalue weighted by molar-refractivity contribution is 0.943. The van der Waals surface area contributed by atoms with Crippen LogP contribution in [0.25, 0.3) is 22.5 Å². The van der Waals surface area contributed by atoms with E-state index in [1.165, 1.54) is 22.3 Å². The summed E-state index contributed by atoms with van der Waals surface area (Å²) in [6.45, 7) is 6.36. The summed E-state index contributed by atoms with van der Waals surface area (Å²) in [6.07, 6.45) is 0. The van der Waals surface area contributed by atoms with E-state index in [0.717, 1.165) is 17.0 Å². The fraction of sp³-hybridized carbons (Fsp3) is 0.176. The van der Waals surface area contributed by atoms with Crippen molar-refractivity contribution in [1.82, 2.24) is 15.4 Å². The monoisotopic (exact) mass is 263 g/mol. The topological polar surface area (TPSA) is 41.6 Å². The Kier molecular flexibility index (Phi) is 3.11. The van der Waals surface area contributed by atoms with Crippen molar-refractivity contribution in [3.8, 4) is 22.5 Å². The summed E-state index contributed by atoms with van der Waals surface area (Å²) >= 11 is 0. The van der Waals surface area contributed by atoms with Crippen LogP contribution in [-0.2, 0) is 0 Å². The maximum absolute atomic E-state index is 4.38. The molecule has 0 aliphatic heterocycles. The maximum atomic E-state index is 4.38. The Hall–Kier alpha value is -2.42. The van der Waals surface area contributed by atoms with Gasteiger partial charge in [0.2, 0.25) is 0 Å². The van der Waals surface area contributed by atoms with Gasteiger partial charge in [-0.05, 0) is 31.9 Å². The van der Waals surface area contributed by atoms with E-state index in [0.29, 0.717) is 0 Å². The first-order chi connectivity index (χ1) is 9.66. The number of benzene rings is 2. The van der Waals surface area contributed by atoms with Gasteiger partial charge in [-0.1, -0.05) is 48.0 Å². The van der Waals surface area contributed by atoms with Gasteiger partial charge in [-0.15, -0.1) is 0 Å². The summed E-state index contributed by atoms with van der Waals surface area (Å²) in [5.41, 5.74) is 7.81. The van der Waals surface area contributed by atoms with Crippen LogP contribution in [0.5, 0.6) is 0 Å². The van der Waals surface area contributed by atoms with E-state index in [-0.39, 0.29) is 0 Å². The van der Waals surface area contributed by atoms with Gasteiger partial charge in [0.25, 0.3) is 0 Å². The van der Waals surface area contributed by atoms with E-state index < -0.39 is 0 Å². The standard InChI is InChI=1S/C17H17N3/c1-11-9-12(2)15(13(3)10-11)17-16(18-20-19-17)14-7-5-4-6-8-14/h4-10H,1-3H3,(H,18,19,20). The third-order valence-electron chi connectivity index (χ3n) is 3.51. The summed E-state index contributed by atoms with van der Waals surface area (Å²) < 4.78 is 0. The first kappa shape index (κ1) is 12.6. The van der Waals surface area contributed by atoms with Crippen molar-refractivity contribution in [3.05, 3.63) is 59.2 Å². The van der Waals surface area contributed by atoms with Crippen molar-refractivity contribution < 1.29 is 0 Å². The predicted octanol–water partition coefficient (Wildman–Crippen LogP) is 4.06. The molecular formula is C17H17N3. The number of nitrogens with one attached hydrogen (secondary N) is 1. The molecule has 20 heavy (non-hydrogen) atoms. The average Bonchev–Trinajstić information content (AvgIpc) is 2.87. The summed E-state index contributed by atoms with van der Waals surface area (Å²) in [4.78, 5) is 0. The number of rotatable bonds is 2. The van der Waals surface area contributed by atoms with Crippen molar-refractivity contribution in [2.24, 2.45) is 0 Å². The second kappa shape index (κ2) is 4.93. The Bertz CT molecular complexity index is 719. The number of hydrogen-bond donors (Lipinski definition) is 1. The van der Waals surface area contributed by atoms with Gasteiger partial charge >= 0.3 is 0 Å². The summed E-state index contributed by atoms with van der Waals surface area (Å²) in [5.74, 6) is 0. The molecule has 0 atom stereocenters. The second-order valence-electron chi connectivity index (χ2n) is 5.16. The lowest BCUT2D eigenvalue weighted by atomic mass is 9.95. The Morgan fingerprint density at radius 3 is 2.05 bits per heavy atom. The minimum atomic E-state index is 0.903. The zero-order valence-electron chi connectivity index (χ0n) is 11.9. The smallest absolute Gasteiger partial charge is 0.121 e. The lowest BCUT2D eigenvalue weighted by Gasteiger charge is -2.10. The Morgan fingerprint density at radius 2 is 1.40 bits per heavy atom. The van der Waals surface area contributed by atoms with Crippen LogP contribution in [0.4, 0.5) is 0 Å². The first-order valence-corrected chi connectivity index (χ1v) is 6.71. The van der Waals surface area contributed by atoms with Crippen LogP contribution in [0.15, 0.2) is 42.5 Å². The first-order valence-electron chi connectivity index (χ1n) is 6.71. The molecule has 0 aliphatic rings. The van der Waals surface area contributed by atoms with Crippen LogP contribution < -0.4 is 0 Å². The molecule has 2 aromatic carbocycles. The molecule has 0 amide bonds. The number of aromatic amines is 1. The molecule has 100 valence electrons. The molecule has 3 aromatic rings. The zero-order chi connectivity index (χ0) is 14.1. The van der Waals surface area contributed by atoms with E-state index in [1.54, 1.807) is 0 Å². The highest BCUT2D eigenvalue weighted by Gasteiger charge is 2.16. The van der Waals surface area contributed by atoms with Crippen LogP contribution >= 0.6 is 0 Å². The van der Waals surface area contributed by atoms with E-state index in [2.05, 4.69) is 60.4 Å². The van der Waals surface area contributed by atoms with Crippen LogP contribution in [0.2, 0.25) is 0 Å². The maximum Gasteiger partial charge on any atom is 0.121 e. The van der Waals surface area contributed by atoms with E-state index in [1.807, 2.05) is 18.2 Å². The van der Waals surface area contributed by atoms with Crippen LogP contribution in [0.1, 0.15) is 16.7 Å². The number of nitrogens with zero attached hydrogens (tertiary/aromatic N) is 2. The Labute approximate surface area is 118 Å². The van der Waals surface area contributed by atoms with E-state index in [4.69, 9.17) is 0 Å². The van der Waals surface area contributed by atoms with Gasteiger partial charge < -0.3 is 0 Å². The number of hydrogen-bond acceptors (Lipinski definition) is 2. The van der Waals surface area contributed by atoms with Gasteiger partial charge in [-0.2, -0.15) is 15.4 Å². The minimum Gasteiger partial charge on any atom is -0.197 e. The quantitative estimate of drug-likeness (QED) is 0.757. The Morgan fingerprint density at radius 1 is 0.800 bits per heavy atom. The van der Waals surface area contributed by atoms with Crippen molar-refractivity contribution in [2.45, 2.75) is 20.8 Å². The normalized spacial score (nSPS) is 10.8. The molecule has 3 nitrogen and oxygen atoms in total. The molecule has 0 saturated heterocycles. The van der Waals surface area contributed by atoms with Gasteiger partial charge in [0.15, 0.2) is 0 Å². The molecule has 1 heterocycles. The highest BCUT2D eigenvalue weighted by atomic mass is 15.3. The van der Waals surface area contributed by atoms with Crippen molar-refractivity contribution in [2.75, 3.05) is 0 Å². The largest absolute Gasteiger partial charge is 0.197 e. The van der Waals surface area contributed by atoms with Gasteiger partial charge in [0.1, 0.15) is 11.4 Å². The van der Waals surface area contributed by atoms with Gasteiger partial charge in [-0.3, -0.25) is 0 Å². The van der Waals surface area contributed by atoms with Gasteiger partial charge in [0.05, 0.1) is 0 Å². The summed E-state index contributed by atoms with van der Waals surface area (Å²) in [7, 11) is 0. The summed E-state index contributed by atoms with van der Waals surface area (Å²) in [6, 6.07) is 14.5. The van der Waals surface area contributed by atoms with Gasteiger partial charge in [-0.25, -0.2) is 0 Å². The molecule has 0 unspecified atom stereocenters. The molecule has 3 rings (SSSR count). The molecule has 0 bridgehead atoms. The number of H-pyrrole nitrogens is 1. The molecule has 0 aliphatic carbocycles. The average molecular weight is 263 g/mol. The van der Waals surface area contributed by atoms with Crippen molar-refractivity contribution in [3.63, 3.8) is 0 Å². The van der Waals surface area contributed by atoms with Gasteiger partial charge in [0, 0.05) is 11.1 Å². The predicted molar refractivity (Wildman–Crippen MR) is 81.5 cm³/mol. The molecule has 0 saturated carbocycles. The molecular weight excluding hydrogens is 246 g/mol. The molecule has 3 heteroatoms. The number of aromatic nitrogens is 3. The lowest BCUT2D eigenvalue weighted by Crippen LogP contribution is -1.92. The molecule has 0 spiro atoms. The SMILES string of the molecule is Cc1cc(C)c(-c2n[nH]nc2-c2ccccc2)c(C)c1. The highest BCUT2D eigenvalue weighted by molar-refractivity contribution is 5.81. The Balaban J connectivity index is 2.21. The van der Waals surface area contributed by atoms with Crippen LogP contribution in [-0.4, -0.2) is 15.4 Å².